The van der Waals surface area contributed by atoms with Gasteiger partial charge in [-0.15, -0.1) is 0 Å². The number of piperazine rings is 1. The van der Waals surface area contributed by atoms with Gasteiger partial charge in [0.2, 0.25) is 0 Å². The molecule has 1 aromatic heterocycles. The first-order chi connectivity index (χ1) is 15.4. The van der Waals surface area contributed by atoms with Crippen molar-refractivity contribution in [2.75, 3.05) is 38.2 Å². The predicted molar refractivity (Wildman–Crippen MR) is 125 cm³/mol. The van der Waals surface area contributed by atoms with E-state index in [1.54, 1.807) is 13.3 Å². The monoisotopic (exact) mass is 434 g/mol. The molecule has 32 heavy (non-hydrogen) atoms. The van der Waals surface area contributed by atoms with Crippen molar-refractivity contribution in [3.8, 4) is 17.1 Å². The molecule has 0 spiro atoms. The molecule has 168 valence electrons. The number of hydrogen-bond acceptors (Lipinski definition) is 5. The number of aryl methyl sites for hydroxylation is 3. The van der Waals surface area contributed by atoms with Gasteiger partial charge in [-0.3, -0.25) is 0 Å². The molecule has 0 saturated carbocycles. The van der Waals surface area contributed by atoms with Gasteiger partial charge in [-0.1, -0.05) is 18.2 Å². The molecule has 0 radical (unpaired) electrons. The van der Waals surface area contributed by atoms with Crippen molar-refractivity contribution in [1.82, 2.24) is 15.2 Å². The number of nitrogens with one attached hydrogen (secondary N) is 1. The van der Waals surface area contributed by atoms with Crippen molar-refractivity contribution in [2.45, 2.75) is 27.3 Å². The summed E-state index contributed by atoms with van der Waals surface area (Å²) in [6.07, 6.45) is 1.71. The molecule has 7 nitrogen and oxygen atoms in total. The first kappa shape index (κ1) is 21.7. The molecule has 7 heteroatoms. The van der Waals surface area contributed by atoms with Crippen LogP contribution >= 0.6 is 0 Å². The molecular formula is C25H30N4O3. The summed E-state index contributed by atoms with van der Waals surface area (Å²) in [7, 11) is 1.66. The van der Waals surface area contributed by atoms with Crippen molar-refractivity contribution in [3.63, 3.8) is 0 Å². The highest BCUT2D eigenvalue weighted by molar-refractivity contribution is 5.75. The van der Waals surface area contributed by atoms with Gasteiger partial charge >= 0.3 is 6.03 Å². The van der Waals surface area contributed by atoms with Gasteiger partial charge in [-0.2, -0.15) is 0 Å². The second-order valence-corrected chi connectivity index (χ2v) is 8.18. The fourth-order valence-corrected chi connectivity index (χ4v) is 3.94. The number of methoxy groups -OCH3 is 1. The number of benzene rings is 2. The number of rotatable bonds is 5. The van der Waals surface area contributed by atoms with Gasteiger partial charge in [-0.05, 0) is 42.7 Å². The Labute approximate surface area is 189 Å². The number of urea groups is 1. The van der Waals surface area contributed by atoms with Crippen molar-refractivity contribution in [3.05, 3.63) is 65.2 Å². The van der Waals surface area contributed by atoms with E-state index in [1.807, 2.05) is 24.0 Å². The smallest absolute Gasteiger partial charge is 0.317 e. The molecule has 1 aliphatic heterocycles. The standard InChI is InChI=1S/C25H30N4O3/c1-17-5-6-20(13-18(17)2)15-27-25(30)29-11-9-28(10-12-29)21-7-8-22(23(14-21)31-4)24-16-26-19(3)32-24/h5-8,13-14,16H,9-12,15H2,1-4H3,(H,27,30). The SMILES string of the molecule is COc1cc(N2CCN(C(=O)NCc3ccc(C)c(C)c3)CC2)ccc1-c1cnc(C)o1. The lowest BCUT2D eigenvalue weighted by Crippen LogP contribution is -2.51. The third-order valence-corrected chi connectivity index (χ3v) is 6.02. The lowest BCUT2D eigenvalue weighted by molar-refractivity contribution is 0.194. The van der Waals surface area contributed by atoms with Gasteiger partial charge in [-0.25, -0.2) is 9.78 Å². The van der Waals surface area contributed by atoms with E-state index < -0.39 is 0 Å². The quantitative estimate of drug-likeness (QED) is 0.648. The second kappa shape index (κ2) is 9.34. The van der Waals surface area contributed by atoms with Crippen LogP contribution in [0.4, 0.5) is 10.5 Å². The maximum atomic E-state index is 12.6. The fraction of sp³-hybridized carbons (Fsp3) is 0.360. The summed E-state index contributed by atoms with van der Waals surface area (Å²) in [6, 6.07) is 12.3. The van der Waals surface area contributed by atoms with Crippen molar-refractivity contribution >= 4 is 11.7 Å². The van der Waals surface area contributed by atoms with E-state index in [0.29, 0.717) is 31.3 Å². The summed E-state index contributed by atoms with van der Waals surface area (Å²) in [5, 5.41) is 3.05. The van der Waals surface area contributed by atoms with Crippen LogP contribution in [0.5, 0.6) is 5.75 Å². The fourth-order valence-electron chi connectivity index (χ4n) is 3.94. The van der Waals surface area contributed by atoms with E-state index >= 15 is 0 Å². The predicted octanol–water partition coefficient (Wildman–Crippen LogP) is 4.31. The largest absolute Gasteiger partial charge is 0.496 e. The highest BCUT2D eigenvalue weighted by Gasteiger charge is 2.22. The van der Waals surface area contributed by atoms with E-state index in [9.17, 15) is 4.79 Å². The van der Waals surface area contributed by atoms with Crippen LogP contribution in [0, 0.1) is 20.8 Å². The van der Waals surface area contributed by atoms with E-state index in [2.05, 4.69) is 53.3 Å². The van der Waals surface area contributed by atoms with Crippen LogP contribution in [0.25, 0.3) is 11.3 Å². The topological polar surface area (TPSA) is 70.8 Å². The van der Waals surface area contributed by atoms with Gasteiger partial charge in [0.25, 0.3) is 0 Å². The highest BCUT2D eigenvalue weighted by Crippen LogP contribution is 2.34. The van der Waals surface area contributed by atoms with Crippen molar-refractivity contribution < 1.29 is 13.9 Å². The number of amides is 2. The molecule has 0 atom stereocenters. The van der Waals surface area contributed by atoms with Crippen molar-refractivity contribution in [1.29, 1.82) is 0 Å². The Morgan fingerprint density at radius 2 is 1.84 bits per heavy atom. The van der Waals surface area contributed by atoms with Crippen LogP contribution in [-0.4, -0.2) is 49.2 Å². The molecule has 1 fully saturated rings. The Kier molecular flexibility index (Phi) is 6.35. The average molecular weight is 435 g/mol. The molecule has 2 amide bonds. The Morgan fingerprint density at radius 3 is 2.50 bits per heavy atom. The number of nitrogens with zero attached hydrogens (tertiary/aromatic N) is 3. The Bertz CT molecular complexity index is 1100. The minimum absolute atomic E-state index is 0.0171. The summed E-state index contributed by atoms with van der Waals surface area (Å²) < 4.78 is 11.2. The molecular weight excluding hydrogens is 404 g/mol. The number of carbonyl (C=O) groups is 1. The average Bonchev–Trinajstić information content (AvgIpc) is 3.25. The number of anilines is 1. The molecule has 1 N–H and O–H groups in total. The highest BCUT2D eigenvalue weighted by atomic mass is 16.5. The number of ether oxygens (including phenoxy) is 1. The molecule has 1 saturated heterocycles. The zero-order chi connectivity index (χ0) is 22.7. The molecule has 3 aromatic rings. The molecule has 0 bridgehead atoms. The van der Waals surface area contributed by atoms with Crippen LogP contribution in [0.15, 0.2) is 47.0 Å². The van der Waals surface area contributed by atoms with Crippen LogP contribution in [0.1, 0.15) is 22.6 Å². The third-order valence-electron chi connectivity index (χ3n) is 6.02. The minimum Gasteiger partial charge on any atom is -0.496 e. The number of carbonyl (C=O) groups excluding carboxylic acids is 1. The van der Waals surface area contributed by atoms with Gasteiger partial charge in [0.05, 0.1) is 18.9 Å². The van der Waals surface area contributed by atoms with Crippen LogP contribution in [0.3, 0.4) is 0 Å². The molecule has 0 aliphatic carbocycles. The second-order valence-electron chi connectivity index (χ2n) is 8.18. The number of aromatic nitrogens is 1. The third kappa shape index (κ3) is 4.72. The van der Waals surface area contributed by atoms with Gasteiger partial charge in [0.15, 0.2) is 11.7 Å². The lowest BCUT2D eigenvalue weighted by atomic mass is 10.1. The normalized spacial score (nSPS) is 13.9. The zero-order valence-electron chi connectivity index (χ0n) is 19.1. The molecule has 0 unspecified atom stereocenters. The first-order valence-corrected chi connectivity index (χ1v) is 10.9. The van der Waals surface area contributed by atoms with Crippen LogP contribution in [-0.2, 0) is 6.54 Å². The van der Waals surface area contributed by atoms with E-state index in [1.165, 1.54) is 11.1 Å². The molecule has 4 rings (SSSR count). The van der Waals surface area contributed by atoms with Gasteiger partial charge < -0.3 is 24.3 Å². The minimum atomic E-state index is -0.0171. The molecule has 2 aromatic carbocycles. The summed E-state index contributed by atoms with van der Waals surface area (Å²) in [6.45, 7) is 9.42. The summed E-state index contributed by atoms with van der Waals surface area (Å²) >= 11 is 0. The van der Waals surface area contributed by atoms with E-state index in [-0.39, 0.29) is 6.03 Å². The van der Waals surface area contributed by atoms with Crippen LogP contribution < -0.4 is 15.0 Å². The zero-order valence-corrected chi connectivity index (χ0v) is 19.1. The Hall–Kier alpha value is -3.48. The maximum Gasteiger partial charge on any atom is 0.317 e. The summed E-state index contributed by atoms with van der Waals surface area (Å²) in [4.78, 5) is 20.9. The Morgan fingerprint density at radius 1 is 1.06 bits per heavy atom. The molecule has 1 aliphatic rings. The van der Waals surface area contributed by atoms with Gasteiger partial charge in [0.1, 0.15) is 5.75 Å². The van der Waals surface area contributed by atoms with E-state index in [4.69, 9.17) is 9.15 Å². The van der Waals surface area contributed by atoms with E-state index in [0.717, 1.165) is 35.7 Å². The van der Waals surface area contributed by atoms with Crippen LogP contribution in [0.2, 0.25) is 0 Å². The lowest BCUT2D eigenvalue weighted by Gasteiger charge is -2.36. The first-order valence-electron chi connectivity index (χ1n) is 10.9. The Balaban J connectivity index is 1.34. The summed E-state index contributed by atoms with van der Waals surface area (Å²) in [5.41, 5.74) is 5.56. The summed E-state index contributed by atoms with van der Waals surface area (Å²) in [5.74, 6) is 2.06. The number of oxazole rings is 1. The number of hydrogen-bond donors (Lipinski definition) is 1. The van der Waals surface area contributed by atoms with Crippen molar-refractivity contribution in [2.24, 2.45) is 0 Å². The van der Waals surface area contributed by atoms with Gasteiger partial charge in [0, 0.05) is 51.4 Å². The molecule has 2 heterocycles. The maximum absolute atomic E-state index is 12.6.